The lowest BCUT2D eigenvalue weighted by atomic mass is 9.95. The summed E-state index contributed by atoms with van der Waals surface area (Å²) in [5.41, 5.74) is 1.62. The molecule has 0 spiro atoms. The zero-order valence-corrected chi connectivity index (χ0v) is 8.21. The van der Waals surface area contributed by atoms with Crippen LogP contribution in [0.3, 0.4) is 0 Å². The molecule has 0 saturated carbocycles. The van der Waals surface area contributed by atoms with Gasteiger partial charge in [-0.25, -0.2) is 4.39 Å². The van der Waals surface area contributed by atoms with Crippen LogP contribution in [0.2, 0.25) is 0 Å². The first-order valence-electron chi connectivity index (χ1n) is 4.46. The minimum Gasteiger partial charge on any atom is -0.388 e. The number of aliphatic hydroxyl groups is 1. The highest BCUT2D eigenvalue weighted by Gasteiger charge is 2.14. The standard InChI is InChI=1S/C11H15FO/c1-7(2)11(13)10-5-4-9(12)6-8(10)3/h4-7,11,13H,1-3H3. The van der Waals surface area contributed by atoms with E-state index >= 15 is 0 Å². The number of hydrogen-bond donors (Lipinski definition) is 1. The van der Waals surface area contributed by atoms with E-state index < -0.39 is 6.10 Å². The second-order valence-corrected chi connectivity index (χ2v) is 3.69. The van der Waals surface area contributed by atoms with E-state index in [4.69, 9.17) is 0 Å². The molecule has 1 atom stereocenters. The fraction of sp³-hybridized carbons (Fsp3) is 0.455. The third-order valence-electron chi connectivity index (χ3n) is 2.18. The number of aliphatic hydroxyl groups excluding tert-OH is 1. The summed E-state index contributed by atoms with van der Waals surface area (Å²) >= 11 is 0. The van der Waals surface area contributed by atoms with Crippen LogP contribution in [0.25, 0.3) is 0 Å². The summed E-state index contributed by atoms with van der Waals surface area (Å²) in [4.78, 5) is 0. The molecule has 0 aliphatic rings. The summed E-state index contributed by atoms with van der Waals surface area (Å²) in [7, 11) is 0. The summed E-state index contributed by atoms with van der Waals surface area (Å²) < 4.78 is 12.7. The van der Waals surface area contributed by atoms with Gasteiger partial charge in [-0.15, -0.1) is 0 Å². The Balaban J connectivity index is 3.01. The van der Waals surface area contributed by atoms with Crippen LogP contribution in [-0.2, 0) is 0 Å². The van der Waals surface area contributed by atoms with Gasteiger partial charge in [0.05, 0.1) is 6.10 Å². The molecule has 1 aromatic carbocycles. The third kappa shape index (κ3) is 2.28. The maximum absolute atomic E-state index is 12.7. The molecule has 0 heterocycles. The molecular formula is C11H15FO. The highest BCUT2D eigenvalue weighted by atomic mass is 19.1. The Hall–Kier alpha value is -0.890. The summed E-state index contributed by atoms with van der Waals surface area (Å²) in [6.07, 6.45) is -0.499. The zero-order valence-electron chi connectivity index (χ0n) is 8.21. The van der Waals surface area contributed by atoms with Crippen LogP contribution >= 0.6 is 0 Å². The van der Waals surface area contributed by atoms with Gasteiger partial charge in [-0.05, 0) is 36.1 Å². The van der Waals surface area contributed by atoms with Gasteiger partial charge in [0.2, 0.25) is 0 Å². The maximum atomic E-state index is 12.7. The smallest absolute Gasteiger partial charge is 0.123 e. The normalized spacial score (nSPS) is 13.4. The Bertz CT molecular complexity index is 294. The van der Waals surface area contributed by atoms with Gasteiger partial charge in [0.1, 0.15) is 5.82 Å². The van der Waals surface area contributed by atoms with Crippen molar-refractivity contribution in [3.63, 3.8) is 0 Å². The van der Waals surface area contributed by atoms with Gasteiger partial charge in [0.15, 0.2) is 0 Å². The van der Waals surface area contributed by atoms with Gasteiger partial charge in [-0.3, -0.25) is 0 Å². The fourth-order valence-electron chi connectivity index (χ4n) is 1.33. The molecule has 1 nitrogen and oxygen atoms in total. The van der Waals surface area contributed by atoms with Crippen molar-refractivity contribution < 1.29 is 9.50 Å². The number of aryl methyl sites for hydroxylation is 1. The van der Waals surface area contributed by atoms with E-state index in [1.807, 2.05) is 20.8 Å². The molecule has 1 aromatic rings. The zero-order chi connectivity index (χ0) is 10.0. The van der Waals surface area contributed by atoms with Crippen LogP contribution < -0.4 is 0 Å². The van der Waals surface area contributed by atoms with Gasteiger partial charge < -0.3 is 5.11 Å². The molecule has 0 aliphatic heterocycles. The summed E-state index contributed by atoms with van der Waals surface area (Å²) in [6.45, 7) is 5.69. The number of rotatable bonds is 2. The van der Waals surface area contributed by atoms with Crippen molar-refractivity contribution >= 4 is 0 Å². The van der Waals surface area contributed by atoms with E-state index in [1.54, 1.807) is 6.07 Å². The average molecular weight is 182 g/mol. The molecule has 0 aliphatic carbocycles. The Labute approximate surface area is 78.2 Å². The second kappa shape index (κ2) is 3.88. The Morgan fingerprint density at radius 3 is 2.38 bits per heavy atom. The van der Waals surface area contributed by atoms with E-state index in [-0.39, 0.29) is 11.7 Å². The van der Waals surface area contributed by atoms with Crippen LogP contribution in [0.5, 0.6) is 0 Å². The number of benzene rings is 1. The predicted octanol–water partition coefficient (Wildman–Crippen LogP) is 2.82. The Morgan fingerprint density at radius 2 is 1.92 bits per heavy atom. The van der Waals surface area contributed by atoms with Gasteiger partial charge >= 0.3 is 0 Å². The maximum Gasteiger partial charge on any atom is 0.123 e. The van der Waals surface area contributed by atoms with E-state index in [0.717, 1.165) is 11.1 Å². The van der Waals surface area contributed by atoms with E-state index in [0.29, 0.717) is 0 Å². The minimum atomic E-state index is -0.499. The van der Waals surface area contributed by atoms with Gasteiger partial charge in [0, 0.05) is 0 Å². The van der Waals surface area contributed by atoms with Crippen LogP contribution in [0.1, 0.15) is 31.1 Å². The molecule has 0 fully saturated rings. The monoisotopic (exact) mass is 182 g/mol. The first-order valence-corrected chi connectivity index (χ1v) is 4.46. The molecule has 72 valence electrons. The third-order valence-corrected chi connectivity index (χ3v) is 2.18. The highest BCUT2D eigenvalue weighted by Crippen LogP contribution is 2.24. The lowest BCUT2D eigenvalue weighted by molar-refractivity contribution is 0.126. The van der Waals surface area contributed by atoms with Crippen LogP contribution in [0.15, 0.2) is 18.2 Å². The molecular weight excluding hydrogens is 167 g/mol. The SMILES string of the molecule is Cc1cc(F)ccc1C(O)C(C)C. The van der Waals surface area contributed by atoms with E-state index in [2.05, 4.69) is 0 Å². The summed E-state index contributed by atoms with van der Waals surface area (Å²) in [5, 5.41) is 9.75. The molecule has 0 radical (unpaired) electrons. The second-order valence-electron chi connectivity index (χ2n) is 3.69. The molecule has 1 N–H and O–H groups in total. The van der Waals surface area contributed by atoms with Gasteiger partial charge in [0.25, 0.3) is 0 Å². The van der Waals surface area contributed by atoms with Crippen molar-refractivity contribution in [2.75, 3.05) is 0 Å². The predicted molar refractivity (Wildman–Crippen MR) is 50.9 cm³/mol. The highest BCUT2D eigenvalue weighted by molar-refractivity contribution is 5.28. The molecule has 1 unspecified atom stereocenters. The van der Waals surface area contributed by atoms with Crippen molar-refractivity contribution in [1.82, 2.24) is 0 Å². The first-order chi connectivity index (χ1) is 6.02. The van der Waals surface area contributed by atoms with Crippen LogP contribution in [0, 0.1) is 18.7 Å². The summed E-state index contributed by atoms with van der Waals surface area (Å²) in [6, 6.07) is 4.48. The molecule has 13 heavy (non-hydrogen) atoms. The molecule has 1 rings (SSSR count). The fourth-order valence-corrected chi connectivity index (χ4v) is 1.33. The molecule has 0 bridgehead atoms. The molecule has 2 heteroatoms. The summed E-state index contributed by atoms with van der Waals surface area (Å²) in [5.74, 6) is -0.0960. The lowest BCUT2D eigenvalue weighted by Crippen LogP contribution is -2.07. The molecule has 0 saturated heterocycles. The first kappa shape index (κ1) is 10.2. The Kier molecular flexibility index (Phi) is 3.04. The van der Waals surface area contributed by atoms with Gasteiger partial charge in [-0.2, -0.15) is 0 Å². The van der Waals surface area contributed by atoms with Gasteiger partial charge in [-0.1, -0.05) is 19.9 Å². The van der Waals surface area contributed by atoms with Crippen molar-refractivity contribution in [3.05, 3.63) is 35.1 Å². The van der Waals surface area contributed by atoms with E-state index in [1.165, 1.54) is 12.1 Å². The number of hydrogen-bond acceptors (Lipinski definition) is 1. The molecule has 0 amide bonds. The average Bonchev–Trinajstić information content (AvgIpc) is 2.03. The quantitative estimate of drug-likeness (QED) is 0.745. The number of halogens is 1. The van der Waals surface area contributed by atoms with Crippen LogP contribution in [-0.4, -0.2) is 5.11 Å². The largest absolute Gasteiger partial charge is 0.388 e. The van der Waals surface area contributed by atoms with E-state index in [9.17, 15) is 9.50 Å². The minimum absolute atomic E-state index is 0.157. The van der Waals surface area contributed by atoms with Crippen molar-refractivity contribution in [1.29, 1.82) is 0 Å². The Morgan fingerprint density at radius 1 is 1.31 bits per heavy atom. The lowest BCUT2D eigenvalue weighted by Gasteiger charge is -2.16. The van der Waals surface area contributed by atoms with Crippen molar-refractivity contribution in [3.8, 4) is 0 Å². The van der Waals surface area contributed by atoms with Crippen molar-refractivity contribution in [2.24, 2.45) is 5.92 Å². The molecule has 0 aromatic heterocycles. The van der Waals surface area contributed by atoms with Crippen molar-refractivity contribution in [2.45, 2.75) is 26.9 Å². The van der Waals surface area contributed by atoms with Crippen LogP contribution in [0.4, 0.5) is 4.39 Å². The topological polar surface area (TPSA) is 20.2 Å².